The molecule has 0 atom stereocenters. The van der Waals surface area contributed by atoms with Crippen LogP contribution in [0.5, 0.6) is 0 Å². The second-order valence-corrected chi connectivity index (χ2v) is 5.75. The zero-order valence-electron chi connectivity index (χ0n) is 10.4. The highest BCUT2D eigenvalue weighted by atomic mass is 127. The van der Waals surface area contributed by atoms with Gasteiger partial charge in [-0.25, -0.2) is 4.98 Å². The van der Waals surface area contributed by atoms with Gasteiger partial charge in [-0.3, -0.25) is 14.4 Å². The molecule has 6 nitrogen and oxygen atoms in total. The highest BCUT2D eigenvalue weighted by Gasteiger charge is 2.28. The largest absolute Gasteiger partial charge is 0.280 e. The van der Waals surface area contributed by atoms with Gasteiger partial charge in [0, 0.05) is 16.4 Å². The van der Waals surface area contributed by atoms with Crippen LogP contribution in [0.1, 0.15) is 19.3 Å². The minimum atomic E-state index is -0.405. The van der Waals surface area contributed by atoms with Crippen molar-refractivity contribution in [3.05, 3.63) is 38.5 Å². The van der Waals surface area contributed by atoms with Crippen molar-refractivity contribution in [2.24, 2.45) is 0 Å². The first-order valence-electron chi connectivity index (χ1n) is 6.11. The Labute approximate surface area is 127 Å². The summed E-state index contributed by atoms with van der Waals surface area (Å²) in [5, 5.41) is 1.29. The van der Waals surface area contributed by atoms with Gasteiger partial charge in [-0.2, -0.15) is 9.69 Å². The molecule has 102 valence electrons. The fourth-order valence-corrected chi connectivity index (χ4v) is 2.70. The maximum absolute atomic E-state index is 12.4. The Hall–Kier alpha value is -1.77. The molecule has 2 heterocycles. The highest BCUT2D eigenvalue weighted by Crippen LogP contribution is 2.14. The summed E-state index contributed by atoms with van der Waals surface area (Å²) in [7, 11) is 0. The Morgan fingerprint density at radius 1 is 1.10 bits per heavy atom. The van der Waals surface area contributed by atoms with Crippen LogP contribution in [0.25, 0.3) is 10.9 Å². The van der Waals surface area contributed by atoms with Crippen LogP contribution in [0.4, 0.5) is 0 Å². The predicted molar refractivity (Wildman–Crippen MR) is 80.8 cm³/mol. The molecule has 1 aliphatic rings. The Bertz CT molecular complexity index is 768. The Kier molecular flexibility index (Phi) is 3.28. The van der Waals surface area contributed by atoms with E-state index < -0.39 is 5.56 Å². The van der Waals surface area contributed by atoms with Crippen LogP contribution >= 0.6 is 22.6 Å². The van der Waals surface area contributed by atoms with Crippen LogP contribution in [0.3, 0.4) is 0 Å². The van der Waals surface area contributed by atoms with Crippen LogP contribution in [0.2, 0.25) is 0 Å². The molecule has 0 bridgehead atoms. The van der Waals surface area contributed by atoms with Crippen molar-refractivity contribution in [1.29, 1.82) is 0 Å². The van der Waals surface area contributed by atoms with Gasteiger partial charge in [-0.15, -0.1) is 0 Å². The topological polar surface area (TPSA) is 72.3 Å². The third-order valence-electron chi connectivity index (χ3n) is 3.17. The molecule has 0 radical (unpaired) electrons. The summed E-state index contributed by atoms with van der Waals surface area (Å²) in [4.78, 5) is 40.3. The molecule has 0 N–H and O–H groups in total. The number of rotatable bonds is 1. The number of carbonyl (C=O) groups excluding carboxylic acids is 2. The van der Waals surface area contributed by atoms with Gasteiger partial charge < -0.3 is 0 Å². The first kappa shape index (κ1) is 13.2. The average Bonchev–Trinajstić information content (AvgIpc) is 2.41. The number of fused-ring (bicyclic) bond motifs is 1. The molecule has 0 aliphatic carbocycles. The molecule has 1 aromatic carbocycles. The quantitative estimate of drug-likeness (QED) is 0.548. The van der Waals surface area contributed by atoms with Crippen LogP contribution in [-0.2, 0) is 9.59 Å². The van der Waals surface area contributed by atoms with Crippen LogP contribution in [0.15, 0.2) is 29.3 Å². The lowest BCUT2D eigenvalue weighted by Gasteiger charge is -2.25. The second kappa shape index (κ2) is 4.97. The predicted octanol–water partition coefficient (Wildman–Crippen LogP) is 1.18. The lowest BCUT2D eigenvalue weighted by molar-refractivity contribution is -0.131. The van der Waals surface area contributed by atoms with Crippen molar-refractivity contribution in [2.75, 3.05) is 5.01 Å². The number of benzene rings is 1. The second-order valence-electron chi connectivity index (χ2n) is 4.51. The number of amides is 2. The molecule has 1 fully saturated rings. The van der Waals surface area contributed by atoms with Gasteiger partial charge >= 0.3 is 0 Å². The smallest absolute Gasteiger partial charge is 0.273 e. The summed E-state index contributed by atoms with van der Waals surface area (Å²) >= 11 is 2.10. The minimum Gasteiger partial charge on any atom is -0.273 e. The Morgan fingerprint density at radius 3 is 2.50 bits per heavy atom. The summed E-state index contributed by atoms with van der Waals surface area (Å²) in [6, 6.07) is 5.28. The van der Waals surface area contributed by atoms with Crippen molar-refractivity contribution in [2.45, 2.75) is 19.3 Å². The number of halogens is 1. The molecule has 1 aromatic heterocycles. The molecule has 7 heteroatoms. The number of piperidine rings is 1. The zero-order chi connectivity index (χ0) is 14.3. The van der Waals surface area contributed by atoms with Crippen LogP contribution in [0, 0.1) is 3.57 Å². The van der Waals surface area contributed by atoms with Gasteiger partial charge in [0.25, 0.3) is 5.56 Å². The number of carbonyl (C=O) groups is 2. The van der Waals surface area contributed by atoms with E-state index in [1.54, 1.807) is 12.1 Å². The van der Waals surface area contributed by atoms with E-state index in [2.05, 4.69) is 27.6 Å². The van der Waals surface area contributed by atoms with E-state index in [1.165, 1.54) is 6.33 Å². The van der Waals surface area contributed by atoms with E-state index >= 15 is 0 Å². The molecule has 2 amide bonds. The van der Waals surface area contributed by atoms with Gasteiger partial charge in [0.2, 0.25) is 11.8 Å². The van der Waals surface area contributed by atoms with E-state index in [-0.39, 0.29) is 24.7 Å². The maximum Gasteiger partial charge on any atom is 0.280 e. The highest BCUT2D eigenvalue weighted by molar-refractivity contribution is 14.1. The Balaban J connectivity index is 2.21. The van der Waals surface area contributed by atoms with Crippen molar-refractivity contribution in [3.8, 4) is 0 Å². The number of imide groups is 1. The first-order chi connectivity index (χ1) is 9.58. The summed E-state index contributed by atoms with van der Waals surface area (Å²) in [6.45, 7) is 0. The molecule has 3 rings (SSSR count). The van der Waals surface area contributed by atoms with Crippen LogP contribution in [-0.4, -0.2) is 21.5 Å². The minimum absolute atomic E-state index is 0.266. The van der Waals surface area contributed by atoms with Gasteiger partial charge in [0.05, 0.1) is 10.9 Å². The molecule has 20 heavy (non-hydrogen) atoms. The molecule has 1 saturated heterocycles. The average molecular weight is 383 g/mol. The number of hydrogen-bond acceptors (Lipinski definition) is 4. The molecule has 1 aliphatic heterocycles. The SMILES string of the molecule is O=C1CCCC(=O)N1n1cnc2ccc(I)cc2c1=O. The number of nitrogens with zero attached hydrogens (tertiary/aromatic N) is 3. The van der Waals surface area contributed by atoms with E-state index in [9.17, 15) is 14.4 Å². The van der Waals surface area contributed by atoms with E-state index in [1.807, 2.05) is 6.07 Å². The molecule has 2 aromatic rings. The van der Waals surface area contributed by atoms with E-state index in [0.29, 0.717) is 17.3 Å². The van der Waals surface area contributed by atoms with Gasteiger partial charge in [-0.05, 0) is 47.2 Å². The third kappa shape index (κ3) is 2.11. The standard InChI is InChI=1S/C13H10IN3O3/c14-8-4-5-10-9(6-8)13(20)16(7-15-10)17-11(18)2-1-3-12(17)19/h4-7H,1-3H2. The lowest BCUT2D eigenvalue weighted by atomic mass is 10.1. The molecule has 0 saturated carbocycles. The van der Waals surface area contributed by atoms with E-state index in [4.69, 9.17) is 0 Å². The Morgan fingerprint density at radius 2 is 1.80 bits per heavy atom. The van der Waals surface area contributed by atoms with Crippen molar-refractivity contribution < 1.29 is 9.59 Å². The normalized spacial score (nSPS) is 15.9. The maximum atomic E-state index is 12.4. The van der Waals surface area contributed by atoms with Crippen molar-refractivity contribution in [3.63, 3.8) is 0 Å². The van der Waals surface area contributed by atoms with Gasteiger partial charge in [0.15, 0.2) is 0 Å². The molecular formula is C13H10IN3O3. The van der Waals surface area contributed by atoms with E-state index in [0.717, 1.165) is 13.3 Å². The molecule has 0 unspecified atom stereocenters. The van der Waals surface area contributed by atoms with Crippen LogP contribution < -0.4 is 10.6 Å². The first-order valence-corrected chi connectivity index (χ1v) is 7.19. The lowest BCUT2D eigenvalue weighted by Crippen LogP contribution is -2.52. The van der Waals surface area contributed by atoms with Crippen molar-refractivity contribution >= 4 is 45.3 Å². The third-order valence-corrected chi connectivity index (χ3v) is 3.84. The zero-order valence-corrected chi connectivity index (χ0v) is 12.5. The number of hydrogen-bond donors (Lipinski definition) is 0. The fraction of sp³-hybridized carbons (Fsp3) is 0.231. The fourth-order valence-electron chi connectivity index (χ4n) is 2.21. The summed E-state index contributed by atoms with van der Waals surface area (Å²) in [5.74, 6) is -0.731. The molecule has 0 spiro atoms. The molecular weight excluding hydrogens is 373 g/mol. The van der Waals surface area contributed by atoms with Gasteiger partial charge in [-0.1, -0.05) is 0 Å². The summed E-state index contributed by atoms with van der Waals surface area (Å²) in [5.41, 5.74) is 0.140. The van der Waals surface area contributed by atoms with Crippen molar-refractivity contribution in [1.82, 2.24) is 9.66 Å². The summed E-state index contributed by atoms with van der Waals surface area (Å²) in [6.07, 6.45) is 2.30. The monoisotopic (exact) mass is 383 g/mol. The van der Waals surface area contributed by atoms with Gasteiger partial charge in [0.1, 0.15) is 6.33 Å². The summed E-state index contributed by atoms with van der Waals surface area (Å²) < 4.78 is 1.91. The number of aromatic nitrogens is 2.